The highest BCUT2D eigenvalue weighted by molar-refractivity contribution is 6.31. The zero-order chi connectivity index (χ0) is 13.1. The number of nitrogens with two attached hydrogens (primary N) is 1. The Kier molecular flexibility index (Phi) is 4.60. The lowest BCUT2D eigenvalue weighted by atomic mass is 9.81. The highest BCUT2D eigenvalue weighted by atomic mass is 35.5. The van der Waals surface area contributed by atoms with Crippen molar-refractivity contribution in [3.05, 3.63) is 34.6 Å². The van der Waals surface area contributed by atoms with E-state index in [0.717, 1.165) is 25.7 Å². The van der Waals surface area contributed by atoms with Gasteiger partial charge in [0.05, 0.1) is 12.1 Å². The third-order valence-electron chi connectivity index (χ3n) is 3.83. The molecule has 0 aliphatic heterocycles. The van der Waals surface area contributed by atoms with Crippen LogP contribution in [0, 0.1) is 11.7 Å². The molecule has 1 fully saturated rings. The summed E-state index contributed by atoms with van der Waals surface area (Å²) < 4.78 is 13.8. The first-order valence-electron chi connectivity index (χ1n) is 6.49. The van der Waals surface area contributed by atoms with Crippen molar-refractivity contribution < 1.29 is 9.50 Å². The molecule has 1 aliphatic rings. The normalized spacial score (nSPS) is 20.7. The molecule has 0 spiro atoms. The molecule has 18 heavy (non-hydrogen) atoms. The summed E-state index contributed by atoms with van der Waals surface area (Å²) >= 11 is 5.98. The largest absolute Gasteiger partial charge is 0.391 e. The van der Waals surface area contributed by atoms with Crippen LogP contribution >= 0.6 is 11.6 Å². The zero-order valence-corrected chi connectivity index (χ0v) is 11.0. The standard InChI is InChI=1S/C14H19ClFNO/c15-10-7-4-8-11(16)12(10)13(17)14(18)9-5-2-1-3-6-9/h4,7-9,13-14,18H,1-3,5-6,17H2/t13-,14+/m1/s1. The van der Waals surface area contributed by atoms with Gasteiger partial charge in [0.25, 0.3) is 0 Å². The van der Waals surface area contributed by atoms with Crippen LogP contribution in [0.5, 0.6) is 0 Å². The minimum atomic E-state index is -0.748. The lowest BCUT2D eigenvalue weighted by molar-refractivity contribution is 0.0608. The van der Waals surface area contributed by atoms with Crippen LogP contribution in [-0.2, 0) is 0 Å². The summed E-state index contributed by atoms with van der Waals surface area (Å²) in [4.78, 5) is 0. The van der Waals surface area contributed by atoms with Crippen LogP contribution in [0.1, 0.15) is 43.7 Å². The van der Waals surface area contributed by atoms with E-state index in [1.54, 1.807) is 12.1 Å². The van der Waals surface area contributed by atoms with Crippen LogP contribution in [-0.4, -0.2) is 11.2 Å². The number of hydrogen-bond acceptors (Lipinski definition) is 2. The van der Waals surface area contributed by atoms with Gasteiger partial charge in [-0.2, -0.15) is 0 Å². The van der Waals surface area contributed by atoms with E-state index < -0.39 is 18.0 Å². The molecule has 4 heteroatoms. The molecule has 0 heterocycles. The Balaban J connectivity index is 2.16. The maximum Gasteiger partial charge on any atom is 0.129 e. The molecule has 0 radical (unpaired) electrons. The second kappa shape index (κ2) is 6.00. The second-order valence-corrected chi connectivity index (χ2v) is 5.46. The molecule has 1 aliphatic carbocycles. The van der Waals surface area contributed by atoms with Crippen LogP contribution in [0.15, 0.2) is 18.2 Å². The van der Waals surface area contributed by atoms with Crippen molar-refractivity contribution in [1.29, 1.82) is 0 Å². The van der Waals surface area contributed by atoms with Crippen molar-refractivity contribution in [2.24, 2.45) is 11.7 Å². The highest BCUT2D eigenvalue weighted by Gasteiger charge is 2.30. The quantitative estimate of drug-likeness (QED) is 0.885. The second-order valence-electron chi connectivity index (χ2n) is 5.05. The summed E-state index contributed by atoms with van der Waals surface area (Å²) in [5.41, 5.74) is 6.23. The molecule has 2 atom stereocenters. The Hall–Kier alpha value is -0.640. The average Bonchev–Trinajstić information content (AvgIpc) is 2.38. The Morgan fingerprint density at radius 3 is 2.56 bits per heavy atom. The summed E-state index contributed by atoms with van der Waals surface area (Å²) in [5, 5.41) is 10.6. The SMILES string of the molecule is N[C@H](c1c(F)cccc1Cl)[C@@H](O)C1CCCCC1. The summed E-state index contributed by atoms with van der Waals surface area (Å²) in [6.07, 6.45) is 4.62. The van der Waals surface area contributed by atoms with Crippen LogP contribution in [0.3, 0.4) is 0 Å². The maximum absolute atomic E-state index is 13.8. The van der Waals surface area contributed by atoms with Gasteiger partial charge in [0.1, 0.15) is 5.82 Å². The van der Waals surface area contributed by atoms with Gasteiger partial charge in [-0.1, -0.05) is 36.9 Å². The number of rotatable bonds is 3. The van der Waals surface area contributed by atoms with Gasteiger partial charge in [-0.15, -0.1) is 0 Å². The molecule has 3 N–H and O–H groups in total. The smallest absolute Gasteiger partial charge is 0.129 e. The van der Waals surface area contributed by atoms with E-state index >= 15 is 0 Å². The van der Waals surface area contributed by atoms with Crippen molar-refractivity contribution in [2.45, 2.75) is 44.2 Å². The Morgan fingerprint density at radius 2 is 1.94 bits per heavy atom. The van der Waals surface area contributed by atoms with Gasteiger partial charge in [0.2, 0.25) is 0 Å². The van der Waals surface area contributed by atoms with Crippen LogP contribution in [0.2, 0.25) is 5.02 Å². The van der Waals surface area contributed by atoms with Gasteiger partial charge >= 0.3 is 0 Å². The fourth-order valence-electron chi connectivity index (χ4n) is 2.77. The molecule has 2 nitrogen and oxygen atoms in total. The molecule has 0 bridgehead atoms. The number of hydrogen-bond donors (Lipinski definition) is 2. The number of aliphatic hydroxyl groups is 1. The monoisotopic (exact) mass is 271 g/mol. The first-order valence-corrected chi connectivity index (χ1v) is 6.86. The molecule has 0 saturated heterocycles. The fourth-order valence-corrected chi connectivity index (χ4v) is 3.06. The first-order chi connectivity index (χ1) is 8.61. The van der Waals surface area contributed by atoms with Crippen molar-refractivity contribution >= 4 is 11.6 Å². The highest BCUT2D eigenvalue weighted by Crippen LogP contribution is 2.34. The molecule has 100 valence electrons. The van der Waals surface area contributed by atoms with E-state index in [9.17, 15) is 9.50 Å². The van der Waals surface area contributed by atoms with Crippen LogP contribution < -0.4 is 5.73 Å². The predicted molar refractivity (Wildman–Crippen MR) is 70.9 cm³/mol. The van der Waals surface area contributed by atoms with Gasteiger partial charge in [-0.3, -0.25) is 0 Å². The van der Waals surface area contributed by atoms with E-state index in [2.05, 4.69) is 0 Å². The number of benzene rings is 1. The van der Waals surface area contributed by atoms with Gasteiger partial charge < -0.3 is 10.8 Å². The van der Waals surface area contributed by atoms with Gasteiger partial charge in [0.15, 0.2) is 0 Å². The Bertz CT molecular complexity index is 387. The van der Waals surface area contributed by atoms with Crippen molar-refractivity contribution in [1.82, 2.24) is 0 Å². The Labute approximate surface area is 112 Å². The molecule has 0 unspecified atom stereocenters. The van der Waals surface area contributed by atoms with E-state index in [1.165, 1.54) is 12.5 Å². The van der Waals surface area contributed by atoms with E-state index in [4.69, 9.17) is 17.3 Å². The van der Waals surface area contributed by atoms with Gasteiger partial charge in [0, 0.05) is 10.6 Å². The van der Waals surface area contributed by atoms with E-state index in [-0.39, 0.29) is 16.5 Å². The Morgan fingerprint density at radius 1 is 1.28 bits per heavy atom. The third kappa shape index (κ3) is 2.85. The van der Waals surface area contributed by atoms with E-state index in [0.29, 0.717) is 0 Å². The molecule has 1 aromatic carbocycles. The minimum absolute atomic E-state index is 0.157. The topological polar surface area (TPSA) is 46.2 Å². The maximum atomic E-state index is 13.8. The zero-order valence-electron chi connectivity index (χ0n) is 10.3. The molecule has 0 aromatic heterocycles. The average molecular weight is 272 g/mol. The molecular formula is C14H19ClFNO. The molecule has 2 rings (SSSR count). The predicted octanol–water partition coefficient (Wildman–Crippen LogP) is 3.42. The molecule has 1 aromatic rings. The van der Waals surface area contributed by atoms with Crippen LogP contribution in [0.4, 0.5) is 4.39 Å². The lowest BCUT2D eigenvalue weighted by Gasteiger charge is -2.31. The van der Waals surface area contributed by atoms with Crippen LogP contribution in [0.25, 0.3) is 0 Å². The number of aliphatic hydroxyl groups excluding tert-OH is 1. The number of halogens is 2. The molecule has 1 saturated carbocycles. The summed E-state index contributed by atoms with van der Waals surface area (Å²) in [5.74, 6) is -0.283. The van der Waals surface area contributed by atoms with Crippen molar-refractivity contribution in [2.75, 3.05) is 0 Å². The summed E-state index contributed by atoms with van der Waals surface area (Å²) in [6.45, 7) is 0. The lowest BCUT2D eigenvalue weighted by Crippen LogP contribution is -2.35. The summed E-state index contributed by atoms with van der Waals surface area (Å²) in [6, 6.07) is 3.73. The minimum Gasteiger partial charge on any atom is -0.391 e. The van der Waals surface area contributed by atoms with Crippen molar-refractivity contribution in [3.63, 3.8) is 0 Å². The van der Waals surface area contributed by atoms with Crippen molar-refractivity contribution in [3.8, 4) is 0 Å². The fraction of sp³-hybridized carbons (Fsp3) is 0.571. The molecule has 0 amide bonds. The van der Waals surface area contributed by atoms with Gasteiger partial charge in [-0.25, -0.2) is 4.39 Å². The molecular weight excluding hydrogens is 253 g/mol. The third-order valence-corrected chi connectivity index (χ3v) is 4.16. The first kappa shape index (κ1) is 13.8. The summed E-state index contributed by atoms with van der Waals surface area (Å²) in [7, 11) is 0. The van der Waals surface area contributed by atoms with E-state index in [1.807, 2.05) is 0 Å². The van der Waals surface area contributed by atoms with Gasteiger partial charge in [-0.05, 0) is 30.9 Å².